The van der Waals surface area contributed by atoms with E-state index in [1.807, 2.05) is 24.3 Å². The molecule has 0 aromatic heterocycles. The van der Waals surface area contributed by atoms with Crippen LogP contribution < -0.4 is 14.2 Å². The summed E-state index contributed by atoms with van der Waals surface area (Å²) < 4.78 is 37.1. The minimum Gasteiger partial charge on any atom is -0.497 e. The minimum absolute atomic E-state index is 0.236. The van der Waals surface area contributed by atoms with Gasteiger partial charge in [0.05, 0.1) is 19.1 Å². The molecule has 2 aromatic carbocycles. The lowest BCUT2D eigenvalue weighted by molar-refractivity contribution is 0.414. The van der Waals surface area contributed by atoms with Gasteiger partial charge in [-0.2, -0.15) is 0 Å². The van der Waals surface area contributed by atoms with Crippen LogP contribution in [0.5, 0.6) is 11.5 Å². The molecule has 0 aliphatic rings. The third kappa shape index (κ3) is 4.97. The molecule has 0 saturated heterocycles. The zero-order chi connectivity index (χ0) is 16.7. The van der Waals surface area contributed by atoms with E-state index in [4.69, 9.17) is 9.47 Å². The predicted octanol–water partition coefficient (Wildman–Crippen LogP) is 2.61. The zero-order valence-corrected chi connectivity index (χ0v) is 14.1. The molecule has 0 aliphatic heterocycles. The van der Waals surface area contributed by atoms with Gasteiger partial charge in [-0.1, -0.05) is 12.1 Å². The maximum Gasteiger partial charge on any atom is 0.240 e. The summed E-state index contributed by atoms with van der Waals surface area (Å²) in [6, 6.07) is 14.1. The molecule has 0 amide bonds. The summed E-state index contributed by atoms with van der Waals surface area (Å²) in [5.41, 5.74) is 1.12. The average molecular weight is 335 g/mol. The van der Waals surface area contributed by atoms with Crippen LogP contribution in [0.4, 0.5) is 0 Å². The third-order valence-corrected chi connectivity index (χ3v) is 4.92. The molecule has 0 fully saturated rings. The molecule has 0 radical (unpaired) electrons. The highest BCUT2D eigenvalue weighted by Crippen LogP contribution is 2.16. The van der Waals surface area contributed by atoms with Crippen LogP contribution >= 0.6 is 0 Å². The Balaban J connectivity index is 1.86. The maximum atomic E-state index is 12.2. The van der Waals surface area contributed by atoms with Crippen molar-refractivity contribution in [1.82, 2.24) is 4.72 Å². The highest BCUT2D eigenvalue weighted by atomic mass is 32.2. The molecule has 0 heterocycles. The molecular weight excluding hydrogens is 314 g/mol. The van der Waals surface area contributed by atoms with Gasteiger partial charge in [0.2, 0.25) is 10.0 Å². The van der Waals surface area contributed by atoms with E-state index >= 15 is 0 Å². The topological polar surface area (TPSA) is 64.6 Å². The number of ether oxygens (including phenoxy) is 2. The van der Waals surface area contributed by atoms with Crippen LogP contribution in [0.15, 0.2) is 53.4 Å². The Labute approximate surface area is 137 Å². The predicted molar refractivity (Wildman–Crippen MR) is 89.5 cm³/mol. The van der Waals surface area contributed by atoms with Crippen LogP contribution in [-0.2, 0) is 16.4 Å². The van der Waals surface area contributed by atoms with Crippen molar-refractivity contribution in [2.45, 2.75) is 17.7 Å². The number of hydrogen-bond acceptors (Lipinski definition) is 4. The lowest BCUT2D eigenvalue weighted by Crippen LogP contribution is -2.25. The van der Waals surface area contributed by atoms with Crippen molar-refractivity contribution in [2.24, 2.45) is 0 Å². The molecule has 6 heteroatoms. The monoisotopic (exact) mass is 335 g/mol. The quantitative estimate of drug-likeness (QED) is 0.753. The first-order valence-electron chi connectivity index (χ1n) is 7.32. The summed E-state index contributed by atoms with van der Waals surface area (Å²) in [5.74, 6) is 1.43. The van der Waals surface area contributed by atoms with Gasteiger partial charge in [-0.05, 0) is 54.8 Å². The molecule has 0 saturated carbocycles. The number of benzene rings is 2. The molecular formula is C17H21NO4S. The summed E-state index contributed by atoms with van der Waals surface area (Å²) in [4.78, 5) is 0.236. The smallest absolute Gasteiger partial charge is 0.240 e. The van der Waals surface area contributed by atoms with Gasteiger partial charge in [0, 0.05) is 6.54 Å². The molecule has 0 unspecified atom stereocenters. The molecule has 0 spiro atoms. The van der Waals surface area contributed by atoms with Crippen molar-refractivity contribution in [3.63, 3.8) is 0 Å². The Morgan fingerprint density at radius 2 is 1.65 bits per heavy atom. The van der Waals surface area contributed by atoms with Crippen molar-refractivity contribution in [3.8, 4) is 11.5 Å². The Morgan fingerprint density at radius 3 is 2.30 bits per heavy atom. The van der Waals surface area contributed by atoms with E-state index in [1.165, 1.54) is 12.1 Å². The molecule has 2 rings (SSSR count). The summed E-state index contributed by atoms with van der Waals surface area (Å²) in [6.45, 7) is 0.381. The normalized spacial score (nSPS) is 11.2. The summed E-state index contributed by atoms with van der Waals surface area (Å²) in [7, 11) is -0.314. The van der Waals surface area contributed by atoms with Crippen LogP contribution in [0.3, 0.4) is 0 Å². The lowest BCUT2D eigenvalue weighted by Gasteiger charge is -2.08. The first-order valence-corrected chi connectivity index (χ1v) is 8.80. The maximum absolute atomic E-state index is 12.2. The number of nitrogens with one attached hydrogen (secondary N) is 1. The fourth-order valence-electron chi connectivity index (χ4n) is 2.17. The van der Waals surface area contributed by atoms with E-state index in [-0.39, 0.29) is 4.90 Å². The highest BCUT2D eigenvalue weighted by Gasteiger charge is 2.13. The van der Waals surface area contributed by atoms with E-state index in [9.17, 15) is 8.42 Å². The molecule has 23 heavy (non-hydrogen) atoms. The van der Waals surface area contributed by atoms with Crippen molar-refractivity contribution in [1.29, 1.82) is 0 Å². The third-order valence-electron chi connectivity index (χ3n) is 3.44. The number of sulfonamides is 1. The van der Waals surface area contributed by atoms with Crippen LogP contribution in [-0.4, -0.2) is 29.2 Å². The van der Waals surface area contributed by atoms with Gasteiger partial charge in [-0.3, -0.25) is 0 Å². The SMILES string of the molecule is COc1ccc(S(=O)(=O)NCCCc2cccc(OC)c2)cc1. The van der Waals surface area contributed by atoms with E-state index in [2.05, 4.69) is 4.72 Å². The van der Waals surface area contributed by atoms with Crippen LogP contribution in [0.1, 0.15) is 12.0 Å². The van der Waals surface area contributed by atoms with Crippen molar-refractivity contribution in [3.05, 3.63) is 54.1 Å². The van der Waals surface area contributed by atoms with Crippen LogP contribution in [0.2, 0.25) is 0 Å². The van der Waals surface area contributed by atoms with Gasteiger partial charge in [-0.15, -0.1) is 0 Å². The summed E-state index contributed by atoms with van der Waals surface area (Å²) in [6.07, 6.45) is 1.49. The zero-order valence-electron chi connectivity index (χ0n) is 13.3. The average Bonchev–Trinajstić information content (AvgIpc) is 2.59. The van der Waals surface area contributed by atoms with Gasteiger partial charge in [-0.25, -0.2) is 13.1 Å². The van der Waals surface area contributed by atoms with E-state index in [1.54, 1.807) is 26.4 Å². The Bertz CT molecular complexity index is 727. The van der Waals surface area contributed by atoms with E-state index in [0.29, 0.717) is 18.7 Å². The van der Waals surface area contributed by atoms with Gasteiger partial charge in [0.1, 0.15) is 11.5 Å². The summed E-state index contributed by atoms with van der Waals surface area (Å²) >= 11 is 0. The second kappa shape index (κ2) is 7.99. The second-order valence-electron chi connectivity index (χ2n) is 5.03. The fourth-order valence-corrected chi connectivity index (χ4v) is 3.24. The largest absolute Gasteiger partial charge is 0.497 e. The van der Waals surface area contributed by atoms with Crippen LogP contribution in [0.25, 0.3) is 0 Å². The number of aryl methyl sites for hydroxylation is 1. The van der Waals surface area contributed by atoms with Crippen molar-refractivity contribution < 1.29 is 17.9 Å². The highest BCUT2D eigenvalue weighted by molar-refractivity contribution is 7.89. The Morgan fingerprint density at radius 1 is 0.957 bits per heavy atom. The first kappa shape index (κ1) is 17.3. The second-order valence-corrected chi connectivity index (χ2v) is 6.80. The number of rotatable bonds is 8. The molecule has 0 aliphatic carbocycles. The lowest BCUT2D eigenvalue weighted by atomic mass is 10.1. The molecule has 2 aromatic rings. The summed E-state index contributed by atoms with van der Waals surface area (Å²) in [5, 5.41) is 0. The molecule has 124 valence electrons. The van der Waals surface area contributed by atoms with Crippen molar-refractivity contribution >= 4 is 10.0 Å². The first-order chi connectivity index (χ1) is 11.0. The van der Waals surface area contributed by atoms with E-state index in [0.717, 1.165) is 17.7 Å². The Kier molecular flexibility index (Phi) is 6.01. The van der Waals surface area contributed by atoms with Crippen molar-refractivity contribution in [2.75, 3.05) is 20.8 Å². The molecule has 5 nitrogen and oxygen atoms in total. The van der Waals surface area contributed by atoms with Gasteiger partial charge < -0.3 is 9.47 Å². The standard InChI is InChI=1S/C17H21NO4S/c1-21-15-8-10-17(11-9-15)23(19,20)18-12-4-6-14-5-3-7-16(13-14)22-2/h3,5,7-11,13,18H,4,6,12H2,1-2H3. The number of methoxy groups -OCH3 is 2. The minimum atomic E-state index is -3.48. The van der Waals surface area contributed by atoms with E-state index < -0.39 is 10.0 Å². The van der Waals surface area contributed by atoms with Crippen LogP contribution in [0, 0.1) is 0 Å². The van der Waals surface area contributed by atoms with Gasteiger partial charge >= 0.3 is 0 Å². The number of hydrogen-bond donors (Lipinski definition) is 1. The Hall–Kier alpha value is -2.05. The van der Waals surface area contributed by atoms with Gasteiger partial charge in [0.25, 0.3) is 0 Å². The molecule has 0 bridgehead atoms. The molecule has 0 atom stereocenters. The van der Waals surface area contributed by atoms with Gasteiger partial charge in [0.15, 0.2) is 0 Å². The molecule has 1 N–H and O–H groups in total. The fraction of sp³-hybridized carbons (Fsp3) is 0.294.